The van der Waals surface area contributed by atoms with Crippen molar-refractivity contribution in [1.29, 1.82) is 0 Å². The highest BCUT2D eigenvalue weighted by atomic mass is 35.5. The van der Waals surface area contributed by atoms with Gasteiger partial charge in [-0.25, -0.2) is 0 Å². The van der Waals surface area contributed by atoms with Gasteiger partial charge in [-0.2, -0.15) is 0 Å². The summed E-state index contributed by atoms with van der Waals surface area (Å²) >= 11 is 6.40. The first-order chi connectivity index (χ1) is 14.0. The number of non-ortho nitro benzene ring substituents is 1. The quantitative estimate of drug-likeness (QED) is 0.258. The summed E-state index contributed by atoms with van der Waals surface area (Å²) in [5.74, 6) is 1.11. The first kappa shape index (κ1) is 22.9. The molecule has 2 aromatic carbocycles. The Bertz CT molecular complexity index is 786. The predicted molar refractivity (Wildman–Crippen MR) is 112 cm³/mol. The van der Waals surface area contributed by atoms with Gasteiger partial charge in [-0.1, -0.05) is 11.6 Å². The smallest absolute Gasteiger partial charge is 0.269 e. The Labute approximate surface area is 174 Å². The molecule has 0 amide bonds. The van der Waals surface area contributed by atoms with Crippen molar-refractivity contribution < 1.29 is 19.5 Å². The second-order valence-electron chi connectivity index (χ2n) is 6.19. The van der Waals surface area contributed by atoms with Crippen LogP contribution in [0.5, 0.6) is 11.5 Å². The van der Waals surface area contributed by atoms with Crippen LogP contribution in [0.25, 0.3) is 0 Å². The number of aliphatic hydroxyl groups is 1. The van der Waals surface area contributed by atoms with Crippen molar-refractivity contribution in [1.82, 2.24) is 10.6 Å². The Hall–Kier alpha value is -2.39. The van der Waals surface area contributed by atoms with Gasteiger partial charge in [-0.15, -0.1) is 0 Å². The minimum atomic E-state index is -0.437. The first-order valence-electron chi connectivity index (χ1n) is 9.38. The average Bonchev–Trinajstić information content (AvgIpc) is 2.71. The molecule has 0 saturated heterocycles. The van der Waals surface area contributed by atoms with E-state index in [9.17, 15) is 10.1 Å². The van der Waals surface area contributed by atoms with E-state index in [-0.39, 0.29) is 18.9 Å². The van der Waals surface area contributed by atoms with E-state index in [1.54, 1.807) is 18.2 Å². The Morgan fingerprint density at radius 3 is 2.41 bits per heavy atom. The number of hydrogen-bond donors (Lipinski definition) is 3. The van der Waals surface area contributed by atoms with E-state index in [1.807, 2.05) is 13.0 Å². The molecule has 0 fully saturated rings. The van der Waals surface area contributed by atoms with E-state index in [0.29, 0.717) is 36.2 Å². The van der Waals surface area contributed by atoms with E-state index in [0.717, 1.165) is 24.2 Å². The lowest BCUT2D eigenvalue weighted by atomic mass is 10.2. The summed E-state index contributed by atoms with van der Waals surface area (Å²) in [6.07, 6.45) is 0. The summed E-state index contributed by atoms with van der Waals surface area (Å²) in [7, 11) is 0. The van der Waals surface area contributed by atoms with E-state index in [2.05, 4.69) is 10.6 Å². The van der Waals surface area contributed by atoms with Crippen LogP contribution in [0.4, 0.5) is 5.69 Å². The Morgan fingerprint density at radius 2 is 1.76 bits per heavy atom. The highest BCUT2D eigenvalue weighted by Gasteiger charge is 2.12. The van der Waals surface area contributed by atoms with E-state index < -0.39 is 4.92 Å². The molecule has 2 aromatic rings. The van der Waals surface area contributed by atoms with Gasteiger partial charge >= 0.3 is 0 Å². The van der Waals surface area contributed by atoms with Crippen molar-refractivity contribution in [3.63, 3.8) is 0 Å². The van der Waals surface area contributed by atoms with Gasteiger partial charge in [0, 0.05) is 49.4 Å². The van der Waals surface area contributed by atoms with Crippen LogP contribution in [-0.2, 0) is 13.2 Å². The number of aliphatic hydroxyl groups excluding tert-OH is 1. The molecule has 0 aliphatic heterocycles. The van der Waals surface area contributed by atoms with Crippen LogP contribution in [0.15, 0.2) is 36.4 Å². The third kappa shape index (κ3) is 7.51. The fourth-order valence-corrected chi connectivity index (χ4v) is 2.79. The number of rotatable bonds is 13. The fourth-order valence-electron chi connectivity index (χ4n) is 2.57. The van der Waals surface area contributed by atoms with Gasteiger partial charge < -0.3 is 25.2 Å². The average molecular weight is 424 g/mol. The lowest BCUT2D eigenvalue weighted by molar-refractivity contribution is -0.384. The van der Waals surface area contributed by atoms with Crippen LogP contribution in [-0.4, -0.2) is 42.9 Å². The molecular formula is C20H26ClN3O5. The molecule has 29 heavy (non-hydrogen) atoms. The Morgan fingerprint density at radius 1 is 1.07 bits per heavy atom. The number of nitro groups is 1. The molecule has 0 radical (unpaired) electrons. The molecule has 0 aliphatic carbocycles. The number of nitrogens with zero attached hydrogens (tertiary/aromatic N) is 1. The van der Waals surface area contributed by atoms with Gasteiger partial charge in [-0.05, 0) is 36.2 Å². The molecule has 3 N–H and O–H groups in total. The maximum Gasteiger partial charge on any atom is 0.269 e. The number of hydrogen-bond acceptors (Lipinski definition) is 7. The maximum atomic E-state index is 10.7. The van der Waals surface area contributed by atoms with E-state index in [1.165, 1.54) is 12.1 Å². The topological polar surface area (TPSA) is 106 Å². The Kier molecular flexibility index (Phi) is 9.66. The molecule has 0 saturated carbocycles. The van der Waals surface area contributed by atoms with E-state index >= 15 is 0 Å². The van der Waals surface area contributed by atoms with Crippen molar-refractivity contribution in [2.75, 3.05) is 32.8 Å². The summed E-state index contributed by atoms with van der Waals surface area (Å²) < 4.78 is 11.5. The zero-order valence-corrected chi connectivity index (χ0v) is 17.1. The SMILES string of the molecule is CCOc1cc(CNCCNCCO)c(Cl)cc1OCc1ccc([N+](=O)[O-])cc1. The lowest BCUT2D eigenvalue weighted by Gasteiger charge is -2.15. The number of halogens is 1. The fraction of sp³-hybridized carbons (Fsp3) is 0.400. The molecule has 0 bridgehead atoms. The second kappa shape index (κ2) is 12.2. The normalized spacial score (nSPS) is 10.7. The van der Waals surface area contributed by atoms with Gasteiger partial charge in [0.05, 0.1) is 18.1 Å². The van der Waals surface area contributed by atoms with Crippen LogP contribution in [0.2, 0.25) is 5.02 Å². The molecule has 2 rings (SSSR count). The van der Waals surface area contributed by atoms with Gasteiger partial charge in [0.25, 0.3) is 5.69 Å². The molecule has 8 nitrogen and oxygen atoms in total. The van der Waals surface area contributed by atoms with Gasteiger partial charge in [-0.3, -0.25) is 10.1 Å². The Balaban J connectivity index is 1.99. The summed E-state index contributed by atoms with van der Waals surface area (Å²) in [5, 5.41) is 26.4. The molecule has 9 heteroatoms. The zero-order valence-electron chi connectivity index (χ0n) is 16.3. The summed E-state index contributed by atoms with van der Waals surface area (Å²) in [4.78, 5) is 10.3. The largest absolute Gasteiger partial charge is 0.490 e. The van der Waals surface area contributed by atoms with Crippen LogP contribution >= 0.6 is 11.6 Å². The molecule has 0 aliphatic rings. The highest BCUT2D eigenvalue weighted by molar-refractivity contribution is 6.31. The minimum absolute atomic E-state index is 0.0372. The number of nitrogens with one attached hydrogen (secondary N) is 2. The van der Waals surface area contributed by atoms with Gasteiger partial charge in [0.15, 0.2) is 11.5 Å². The van der Waals surface area contributed by atoms with Crippen molar-refractivity contribution in [3.05, 3.63) is 62.7 Å². The third-order valence-corrected chi connectivity index (χ3v) is 4.39. The summed E-state index contributed by atoms with van der Waals surface area (Å²) in [5.41, 5.74) is 1.73. The predicted octanol–water partition coefficient (Wildman–Crippen LogP) is 2.90. The van der Waals surface area contributed by atoms with Crippen LogP contribution < -0.4 is 20.1 Å². The maximum absolute atomic E-state index is 10.7. The summed E-state index contributed by atoms with van der Waals surface area (Å²) in [6, 6.07) is 9.77. The monoisotopic (exact) mass is 423 g/mol. The number of benzene rings is 2. The highest BCUT2D eigenvalue weighted by Crippen LogP contribution is 2.34. The van der Waals surface area contributed by atoms with E-state index in [4.69, 9.17) is 26.2 Å². The molecular weight excluding hydrogens is 398 g/mol. The van der Waals surface area contributed by atoms with Crippen molar-refractivity contribution in [2.24, 2.45) is 0 Å². The molecule has 0 aromatic heterocycles. The van der Waals surface area contributed by atoms with Crippen molar-refractivity contribution in [3.8, 4) is 11.5 Å². The molecule has 0 heterocycles. The van der Waals surface area contributed by atoms with Crippen molar-refractivity contribution >= 4 is 17.3 Å². The lowest BCUT2D eigenvalue weighted by Crippen LogP contribution is -2.28. The zero-order chi connectivity index (χ0) is 21.1. The minimum Gasteiger partial charge on any atom is -0.490 e. The third-order valence-electron chi connectivity index (χ3n) is 4.04. The molecule has 158 valence electrons. The number of nitro benzene ring substituents is 1. The summed E-state index contributed by atoms with van der Waals surface area (Å²) in [6.45, 7) is 5.34. The first-order valence-corrected chi connectivity index (χ1v) is 9.76. The molecule has 0 unspecified atom stereocenters. The second-order valence-corrected chi connectivity index (χ2v) is 6.59. The van der Waals surface area contributed by atoms with Crippen LogP contribution in [0.3, 0.4) is 0 Å². The van der Waals surface area contributed by atoms with Gasteiger partial charge in [0.2, 0.25) is 0 Å². The van der Waals surface area contributed by atoms with Crippen molar-refractivity contribution in [2.45, 2.75) is 20.1 Å². The standard InChI is InChI=1S/C20H26ClN3O5/c1-2-28-19-11-16(13-23-8-7-22-9-10-25)18(21)12-20(19)29-14-15-3-5-17(6-4-15)24(26)27/h3-6,11-12,22-23,25H,2,7-10,13-14H2,1H3. The van der Waals surface area contributed by atoms with Crippen LogP contribution in [0, 0.1) is 10.1 Å². The molecule has 0 spiro atoms. The molecule has 0 atom stereocenters. The number of ether oxygens (including phenoxy) is 2. The van der Waals surface area contributed by atoms with Crippen LogP contribution in [0.1, 0.15) is 18.1 Å². The van der Waals surface area contributed by atoms with Gasteiger partial charge in [0.1, 0.15) is 6.61 Å².